The fourth-order valence-electron chi connectivity index (χ4n) is 2.75. The predicted molar refractivity (Wildman–Crippen MR) is 87.8 cm³/mol. The first-order chi connectivity index (χ1) is 12.8. The first-order valence-corrected chi connectivity index (χ1v) is 7.88. The summed E-state index contributed by atoms with van der Waals surface area (Å²) in [6.45, 7) is -1.04. The third-order valence-corrected chi connectivity index (χ3v) is 4.14. The molecule has 13 nitrogen and oxygen atoms in total. The number of carbonyl (C=O) groups excluding carboxylic acids is 1. The smallest absolute Gasteiger partial charge is 0.323 e. The monoisotopic (exact) mass is 382 g/mol. The maximum Gasteiger partial charge on any atom is 0.323 e. The van der Waals surface area contributed by atoms with E-state index < -0.39 is 49.7 Å². The molecule has 0 aliphatic carbocycles. The summed E-state index contributed by atoms with van der Waals surface area (Å²) in [5.41, 5.74) is 0.413. The van der Waals surface area contributed by atoms with E-state index in [4.69, 9.17) is 9.84 Å². The molecule has 1 saturated heterocycles. The summed E-state index contributed by atoms with van der Waals surface area (Å²) in [7, 11) is 1.38. The number of ether oxygens (including phenoxy) is 1. The Balaban J connectivity index is 1.91. The first kappa shape index (κ1) is 18.9. The molecule has 3 rings (SSSR count). The molecule has 2 aromatic heterocycles. The van der Waals surface area contributed by atoms with E-state index in [0.717, 1.165) is 11.2 Å². The van der Waals surface area contributed by atoms with Crippen molar-refractivity contribution in [2.75, 3.05) is 25.1 Å². The summed E-state index contributed by atoms with van der Waals surface area (Å²) in [5.74, 6) is -1.09. The lowest BCUT2D eigenvalue weighted by Gasteiger charge is -2.18. The van der Waals surface area contributed by atoms with Gasteiger partial charge in [0.05, 0.1) is 12.9 Å². The quantitative estimate of drug-likeness (QED) is 0.376. The number of carboxylic acids is 1. The van der Waals surface area contributed by atoms with Gasteiger partial charge in [-0.1, -0.05) is 0 Å². The minimum Gasteiger partial charge on any atom is -0.480 e. The number of hydrogen-bond donors (Lipinski definition) is 5. The number of nitrogens with one attached hydrogen (secondary N) is 1. The van der Waals surface area contributed by atoms with Crippen LogP contribution in [-0.2, 0) is 9.53 Å². The highest BCUT2D eigenvalue weighted by atomic mass is 16.6. The molecule has 3 heterocycles. The standard InChI is InChI=1S/C14H18N6O7/c1-19(14(26)15-2-7(22)23)11-8-12(17-4-16-11)20(5-18-8)13-10(25)9(24)6(3-21)27-13/h4-6,9-10,13,21,24-25H,2-3H2,1H3,(H,15,26)(H,22,23)/t6-,9+,10?,13-/m1/s1. The molecule has 5 N–H and O–H groups in total. The molecule has 2 amide bonds. The van der Waals surface area contributed by atoms with Gasteiger partial charge in [0.2, 0.25) is 0 Å². The number of aromatic nitrogens is 4. The Bertz CT molecular complexity index is 858. The highest BCUT2D eigenvalue weighted by molar-refractivity contribution is 5.98. The summed E-state index contributed by atoms with van der Waals surface area (Å²) >= 11 is 0. The normalized spacial score (nSPS) is 24.9. The van der Waals surface area contributed by atoms with Crippen LogP contribution in [0.25, 0.3) is 11.2 Å². The average Bonchev–Trinajstić information content (AvgIpc) is 3.20. The van der Waals surface area contributed by atoms with Crippen LogP contribution in [0, 0.1) is 0 Å². The number of carboxylic acid groups (broad SMARTS) is 1. The number of urea groups is 1. The average molecular weight is 382 g/mol. The molecule has 27 heavy (non-hydrogen) atoms. The summed E-state index contributed by atoms with van der Waals surface area (Å²) in [6.07, 6.45) is -2.16. The minimum atomic E-state index is -1.32. The van der Waals surface area contributed by atoms with Crippen molar-refractivity contribution < 1.29 is 34.8 Å². The maximum absolute atomic E-state index is 12.1. The second kappa shape index (κ2) is 7.40. The van der Waals surface area contributed by atoms with Gasteiger partial charge >= 0.3 is 12.0 Å². The first-order valence-electron chi connectivity index (χ1n) is 7.88. The van der Waals surface area contributed by atoms with Crippen molar-refractivity contribution in [3.8, 4) is 0 Å². The van der Waals surface area contributed by atoms with Crippen LogP contribution in [0.4, 0.5) is 10.6 Å². The Kier molecular flexibility index (Phi) is 5.18. The van der Waals surface area contributed by atoms with Crippen LogP contribution >= 0.6 is 0 Å². The van der Waals surface area contributed by atoms with E-state index in [1.807, 2.05) is 0 Å². The highest BCUT2D eigenvalue weighted by Gasteiger charge is 2.44. The van der Waals surface area contributed by atoms with Crippen molar-refractivity contribution >= 4 is 29.0 Å². The molecule has 0 spiro atoms. The van der Waals surface area contributed by atoms with Gasteiger partial charge in [0.25, 0.3) is 0 Å². The fraction of sp³-hybridized carbons (Fsp3) is 0.500. The van der Waals surface area contributed by atoms with E-state index in [2.05, 4.69) is 20.3 Å². The molecule has 1 aliphatic rings. The zero-order valence-corrected chi connectivity index (χ0v) is 14.1. The Hall–Kier alpha value is -2.87. The number of carbonyl (C=O) groups is 2. The lowest BCUT2D eigenvalue weighted by molar-refractivity contribution is -0.135. The molecule has 1 aliphatic heterocycles. The number of rotatable bonds is 5. The molecule has 0 radical (unpaired) electrons. The van der Waals surface area contributed by atoms with Crippen molar-refractivity contribution in [2.24, 2.45) is 0 Å². The molecule has 13 heteroatoms. The molecule has 1 unspecified atom stereocenters. The zero-order chi connectivity index (χ0) is 19.7. The van der Waals surface area contributed by atoms with Crippen LogP contribution in [0.15, 0.2) is 12.7 Å². The second-order valence-electron chi connectivity index (χ2n) is 5.86. The third kappa shape index (κ3) is 3.40. The molecule has 0 saturated carbocycles. The molecular formula is C14H18N6O7. The Morgan fingerprint density at radius 1 is 1.30 bits per heavy atom. The van der Waals surface area contributed by atoms with Crippen LogP contribution in [0.1, 0.15) is 6.23 Å². The topological polar surface area (TPSA) is 183 Å². The van der Waals surface area contributed by atoms with Crippen LogP contribution in [0.3, 0.4) is 0 Å². The van der Waals surface area contributed by atoms with Gasteiger partial charge in [-0.15, -0.1) is 0 Å². The van der Waals surface area contributed by atoms with Gasteiger partial charge in [-0.25, -0.2) is 19.7 Å². The molecule has 2 aromatic rings. The van der Waals surface area contributed by atoms with Crippen molar-refractivity contribution in [2.45, 2.75) is 24.5 Å². The van der Waals surface area contributed by atoms with E-state index in [-0.39, 0.29) is 17.0 Å². The van der Waals surface area contributed by atoms with Crippen molar-refractivity contribution in [3.05, 3.63) is 12.7 Å². The largest absolute Gasteiger partial charge is 0.480 e. The van der Waals surface area contributed by atoms with E-state index in [9.17, 15) is 24.9 Å². The van der Waals surface area contributed by atoms with Gasteiger partial charge in [-0.3, -0.25) is 14.3 Å². The number of anilines is 1. The SMILES string of the molecule is CN(C(=O)NCC(=O)O)c1ncnc2c1ncn2[C@@H]1O[C@H](CO)[C@H](O)C1O. The summed E-state index contributed by atoms with van der Waals surface area (Å²) in [6, 6.07) is -0.708. The van der Waals surface area contributed by atoms with Gasteiger partial charge in [0.15, 0.2) is 23.2 Å². The van der Waals surface area contributed by atoms with Crippen molar-refractivity contribution in [1.82, 2.24) is 24.8 Å². The van der Waals surface area contributed by atoms with E-state index in [1.165, 1.54) is 17.9 Å². The number of aliphatic carboxylic acids is 1. The molecule has 4 atom stereocenters. The van der Waals surface area contributed by atoms with E-state index in [1.54, 1.807) is 0 Å². The number of fused-ring (bicyclic) bond motifs is 1. The lowest BCUT2D eigenvalue weighted by atomic mass is 10.1. The zero-order valence-electron chi connectivity index (χ0n) is 14.1. The fourth-order valence-corrected chi connectivity index (χ4v) is 2.75. The number of imidazole rings is 1. The van der Waals surface area contributed by atoms with Gasteiger partial charge in [-0.05, 0) is 0 Å². The van der Waals surface area contributed by atoms with Crippen molar-refractivity contribution in [1.29, 1.82) is 0 Å². The van der Waals surface area contributed by atoms with Crippen molar-refractivity contribution in [3.63, 3.8) is 0 Å². The van der Waals surface area contributed by atoms with Gasteiger partial charge in [0, 0.05) is 7.05 Å². The molecule has 1 fully saturated rings. The van der Waals surface area contributed by atoms with Crippen LogP contribution in [0.2, 0.25) is 0 Å². The second-order valence-corrected chi connectivity index (χ2v) is 5.86. The number of hydrogen-bond acceptors (Lipinski definition) is 9. The van der Waals surface area contributed by atoms with Gasteiger partial charge < -0.3 is 30.5 Å². The number of aliphatic hydroxyl groups excluding tert-OH is 3. The molecule has 146 valence electrons. The molecule has 0 aromatic carbocycles. The van der Waals surface area contributed by atoms with Gasteiger partial charge in [0.1, 0.15) is 31.2 Å². The Morgan fingerprint density at radius 2 is 2.04 bits per heavy atom. The van der Waals surface area contributed by atoms with E-state index in [0.29, 0.717) is 0 Å². The maximum atomic E-state index is 12.1. The Labute approximate surface area is 151 Å². The number of nitrogens with zero attached hydrogens (tertiary/aromatic N) is 5. The molecular weight excluding hydrogens is 364 g/mol. The van der Waals surface area contributed by atoms with E-state index >= 15 is 0 Å². The van der Waals surface area contributed by atoms with Crippen LogP contribution in [-0.4, -0.2) is 90.5 Å². The minimum absolute atomic E-state index is 0.105. The highest BCUT2D eigenvalue weighted by Crippen LogP contribution is 2.32. The summed E-state index contributed by atoms with van der Waals surface area (Å²) in [4.78, 5) is 35.9. The van der Waals surface area contributed by atoms with Crippen LogP contribution < -0.4 is 10.2 Å². The Morgan fingerprint density at radius 3 is 2.67 bits per heavy atom. The van der Waals surface area contributed by atoms with Gasteiger partial charge in [-0.2, -0.15) is 0 Å². The predicted octanol–water partition coefficient (Wildman–Crippen LogP) is -2.33. The lowest BCUT2D eigenvalue weighted by Crippen LogP contribution is -2.40. The number of amides is 2. The molecule has 0 bridgehead atoms. The summed E-state index contributed by atoms with van der Waals surface area (Å²) in [5, 5.41) is 40.1. The summed E-state index contributed by atoms with van der Waals surface area (Å²) < 4.78 is 6.81. The third-order valence-electron chi connectivity index (χ3n) is 4.14. The number of aliphatic hydroxyl groups is 3. The van der Waals surface area contributed by atoms with Crippen LogP contribution in [0.5, 0.6) is 0 Å².